The first-order valence-electron chi connectivity index (χ1n) is 9.33. The van der Waals surface area contributed by atoms with E-state index < -0.39 is 0 Å². The van der Waals surface area contributed by atoms with E-state index in [0.29, 0.717) is 0 Å². The van der Waals surface area contributed by atoms with Gasteiger partial charge < -0.3 is 9.97 Å². The maximum Gasteiger partial charge on any atom is 0.0484 e. The van der Waals surface area contributed by atoms with Gasteiger partial charge in [-0.3, -0.25) is 0 Å². The fraction of sp³-hybridized carbons (Fsp3) is 0.167. The summed E-state index contributed by atoms with van der Waals surface area (Å²) >= 11 is 1.86. The molecule has 3 heteroatoms. The number of benzene rings is 2. The summed E-state index contributed by atoms with van der Waals surface area (Å²) in [5.41, 5.74) is 9.06. The van der Waals surface area contributed by atoms with E-state index in [0.717, 1.165) is 0 Å². The van der Waals surface area contributed by atoms with Crippen LogP contribution in [0.2, 0.25) is 0 Å². The topological polar surface area (TPSA) is 31.6 Å². The molecule has 3 heterocycles. The molecule has 5 rings (SSSR count). The van der Waals surface area contributed by atoms with Gasteiger partial charge in [0.1, 0.15) is 0 Å². The quantitative estimate of drug-likeness (QED) is 0.349. The average molecular weight is 371 g/mol. The Morgan fingerprint density at radius 1 is 0.704 bits per heavy atom. The lowest BCUT2D eigenvalue weighted by Crippen LogP contribution is -2.05. The van der Waals surface area contributed by atoms with Crippen LogP contribution in [0.3, 0.4) is 0 Å². The summed E-state index contributed by atoms with van der Waals surface area (Å²) in [5, 5.41) is 4.85. The predicted molar refractivity (Wildman–Crippen MR) is 116 cm³/mol. The smallest absolute Gasteiger partial charge is 0.0484 e. The van der Waals surface area contributed by atoms with Gasteiger partial charge in [0.25, 0.3) is 0 Å². The Hall–Kier alpha value is -2.78. The third-order valence-electron chi connectivity index (χ3n) is 5.63. The second-order valence-corrected chi connectivity index (χ2v) is 8.27. The van der Waals surface area contributed by atoms with Crippen molar-refractivity contribution in [1.29, 1.82) is 0 Å². The van der Waals surface area contributed by atoms with E-state index >= 15 is 0 Å². The molecule has 5 aromatic rings. The SMILES string of the molecule is Cc1ccsc1C(c1c(C)[nH]c2ccccc12)c1c(C)[nH]c2ccccc12. The summed E-state index contributed by atoms with van der Waals surface area (Å²) in [6, 6.07) is 19.6. The summed E-state index contributed by atoms with van der Waals surface area (Å²) in [7, 11) is 0. The van der Waals surface area contributed by atoms with Crippen LogP contribution in [0, 0.1) is 20.8 Å². The molecule has 0 radical (unpaired) electrons. The summed E-state index contributed by atoms with van der Waals surface area (Å²) in [5.74, 6) is 0.220. The molecule has 134 valence electrons. The number of rotatable bonds is 3. The number of nitrogens with one attached hydrogen (secondary N) is 2. The zero-order chi connectivity index (χ0) is 18.5. The maximum atomic E-state index is 3.61. The van der Waals surface area contributed by atoms with Gasteiger partial charge in [0.15, 0.2) is 0 Å². The van der Waals surface area contributed by atoms with Crippen molar-refractivity contribution >= 4 is 33.1 Å². The molecule has 0 fully saturated rings. The zero-order valence-corrected chi connectivity index (χ0v) is 16.6. The zero-order valence-electron chi connectivity index (χ0n) is 15.8. The summed E-state index contributed by atoms with van der Waals surface area (Å²) in [4.78, 5) is 8.65. The molecular weight excluding hydrogens is 348 g/mol. The van der Waals surface area contributed by atoms with Crippen LogP contribution in [0.4, 0.5) is 0 Å². The standard InChI is InChI=1S/C24H22N2S/c1-14-12-13-27-24(14)23(21-15(2)25-19-10-6-4-8-17(19)21)22-16(3)26-20-11-7-5-9-18(20)22/h4-13,23,25-26H,1-3H3. The maximum absolute atomic E-state index is 3.61. The van der Waals surface area contributed by atoms with E-state index in [9.17, 15) is 0 Å². The number of thiophene rings is 1. The number of aromatic amines is 2. The molecule has 0 aliphatic carbocycles. The van der Waals surface area contributed by atoms with Gasteiger partial charge in [0, 0.05) is 44.0 Å². The molecule has 3 aromatic heterocycles. The first-order valence-corrected chi connectivity index (χ1v) is 10.2. The van der Waals surface area contributed by atoms with Crippen LogP contribution in [0.1, 0.15) is 38.9 Å². The van der Waals surface area contributed by atoms with Crippen molar-refractivity contribution in [2.45, 2.75) is 26.7 Å². The highest BCUT2D eigenvalue weighted by molar-refractivity contribution is 7.10. The average Bonchev–Trinajstić information content (AvgIpc) is 3.32. The van der Waals surface area contributed by atoms with Crippen molar-refractivity contribution in [3.8, 4) is 0 Å². The summed E-state index contributed by atoms with van der Waals surface area (Å²) in [6.45, 7) is 6.64. The highest BCUT2D eigenvalue weighted by Crippen LogP contribution is 2.45. The number of H-pyrrole nitrogens is 2. The lowest BCUT2D eigenvalue weighted by molar-refractivity contribution is 0.975. The van der Waals surface area contributed by atoms with Crippen molar-refractivity contribution in [2.75, 3.05) is 0 Å². The molecule has 0 saturated carbocycles. The molecule has 0 aliphatic heterocycles. The van der Waals surface area contributed by atoms with Crippen molar-refractivity contribution in [3.63, 3.8) is 0 Å². The first kappa shape index (κ1) is 16.4. The first-order chi connectivity index (χ1) is 13.1. The van der Waals surface area contributed by atoms with Gasteiger partial charge in [-0.15, -0.1) is 11.3 Å². The Bertz CT molecular complexity index is 1190. The number of aryl methyl sites for hydroxylation is 3. The van der Waals surface area contributed by atoms with Gasteiger partial charge in [-0.2, -0.15) is 0 Å². The van der Waals surface area contributed by atoms with E-state index in [1.165, 1.54) is 54.8 Å². The lowest BCUT2D eigenvalue weighted by atomic mass is 9.85. The fourth-order valence-corrected chi connectivity index (χ4v) is 5.47. The van der Waals surface area contributed by atoms with E-state index in [1.807, 2.05) is 11.3 Å². The molecule has 0 aliphatic rings. The molecule has 2 aromatic carbocycles. The Balaban J connectivity index is 1.89. The third-order valence-corrected chi connectivity index (χ3v) is 6.71. The highest BCUT2D eigenvalue weighted by Gasteiger charge is 2.28. The minimum atomic E-state index is 0.220. The molecule has 27 heavy (non-hydrogen) atoms. The lowest BCUT2D eigenvalue weighted by Gasteiger charge is -2.19. The minimum Gasteiger partial charge on any atom is -0.358 e. The molecule has 0 amide bonds. The molecule has 0 bridgehead atoms. The predicted octanol–water partition coefficient (Wildman–Crippen LogP) is 6.82. The Kier molecular flexibility index (Phi) is 3.73. The molecule has 2 nitrogen and oxygen atoms in total. The highest BCUT2D eigenvalue weighted by atomic mass is 32.1. The Morgan fingerprint density at radius 3 is 1.70 bits per heavy atom. The van der Waals surface area contributed by atoms with E-state index in [1.54, 1.807) is 0 Å². The largest absolute Gasteiger partial charge is 0.358 e. The molecular formula is C24H22N2S. The second kappa shape index (κ2) is 6.14. The molecule has 2 N–H and O–H groups in total. The van der Waals surface area contributed by atoms with Crippen LogP contribution in [0.5, 0.6) is 0 Å². The molecule has 0 saturated heterocycles. The van der Waals surface area contributed by atoms with Crippen LogP contribution in [0.15, 0.2) is 60.0 Å². The van der Waals surface area contributed by atoms with Gasteiger partial charge in [-0.05, 0) is 61.0 Å². The van der Waals surface area contributed by atoms with E-state index in [4.69, 9.17) is 0 Å². The van der Waals surface area contributed by atoms with Crippen LogP contribution >= 0.6 is 11.3 Å². The monoisotopic (exact) mass is 370 g/mol. The Labute approximate surface area is 162 Å². The van der Waals surface area contributed by atoms with Gasteiger partial charge in [0.2, 0.25) is 0 Å². The number of aromatic nitrogens is 2. The molecule has 0 unspecified atom stereocenters. The molecule has 0 atom stereocenters. The number of hydrogen-bond acceptors (Lipinski definition) is 1. The van der Waals surface area contributed by atoms with E-state index in [2.05, 4.69) is 90.7 Å². The Morgan fingerprint density at radius 2 is 1.22 bits per heavy atom. The molecule has 0 spiro atoms. The van der Waals surface area contributed by atoms with Gasteiger partial charge in [-0.25, -0.2) is 0 Å². The summed E-state index contributed by atoms with van der Waals surface area (Å²) < 4.78 is 0. The normalized spacial score (nSPS) is 11.9. The fourth-order valence-electron chi connectivity index (χ4n) is 4.43. The minimum absolute atomic E-state index is 0.220. The van der Waals surface area contributed by atoms with Gasteiger partial charge >= 0.3 is 0 Å². The van der Waals surface area contributed by atoms with Crippen LogP contribution in [0.25, 0.3) is 21.8 Å². The van der Waals surface area contributed by atoms with Crippen molar-refractivity contribution in [1.82, 2.24) is 9.97 Å². The van der Waals surface area contributed by atoms with Crippen molar-refractivity contribution in [3.05, 3.63) is 92.9 Å². The van der Waals surface area contributed by atoms with E-state index in [-0.39, 0.29) is 5.92 Å². The van der Waals surface area contributed by atoms with Crippen molar-refractivity contribution in [2.24, 2.45) is 0 Å². The van der Waals surface area contributed by atoms with Crippen molar-refractivity contribution < 1.29 is 0 Å². The summed E-state index contributed by atoms with van der Waals surface area (Å²) in [6.07, 6.45) is 0. The van der Waals surface area contributed by atoms with Crippen LogP contribution in [-0.2, 0) is 0 Å². The third kappa shape index (κ3) is 2.46. The van der Waals surface area contributed by atoms with Crippen LogP contribution < -0.4 is 0 Å². The van der Waals surface area contributed by atoms with Gasteiger partial charge in [0.05, 0.1) is 0 Å². The van der Waals surface area contributed by atoms with Gasteiger partial charge in [-0.1, -0.05) is 36.4 Å². The second-order valence-electron chi connectivity index (χ2n) is 7.32. The number of fused-ring (bicyclic) bond motifs is 2. The van der Waals surface area contributed by atoms with Crippen LogP contribution in [-0.4, -0.2) is 9.97 Å². The number of para-hydroxylation sites is 2. The number of hydrogen-bond donors (Lipinski definition) is 2.